The SMILES string of the molecule is CCCC(C)N(C)S(=O)(=O)c1ccc2c(c1)CCN2. The predicted molar refractivity (Wildman–Crippen MR) is 78.0 cm³/mol. The zero-order valence-corrected chi connectivity index (χ0v) is 12.6. The molecule has 0 spiro atoms. The van der Waals surface area contributed by atoms with Gasteiger partial charge in [0.05, 0.1) is 4.90 Å². The quantitative estimate of drug-likeness (QED) is 0.902. The summed E-state index contributed by atoms with van der Waals surface area (Å²) >= 11 is 0. The van der Waals surface area contributed by atoms with E-state index in [1.807, 2.05) is 13.0 Å². The van der Waals surface area contributed by atoms with Crippen LogP contribution in [0.1, 0.15) is 32.3 Å². The van der Waals surface area contributed by atoms with Gasteiger partial charge in [0.2, 0.25) is 10.0 Å². The Morgan fingerprint density at radius 2 is 2.16 bits per heavy atom. The summed E-state index contributed by atoms with van der Waals surface area (Å²) in [6.45, 7) is 4.91. The van der Waals surface area contributed by atoms with E-state index in [4.69, 9.17) is 0 Å². The summed E-state index contributed by atoms with van der Waals surface area (Å²) in [5.74, 6) is 0. The molecule has 0 saturated heterocycles. The third kappa shape index (κ3) is 2.77. The lowest BCUT2D eigenvalue weighted by Gasteiger charge is -2.24. The summed E-state index contributed by atoms with van der Waals surface area (Å²) in [5.41, 5.74) is 2.15. The summed E-state index contributed by atoms with van der Waals surface area (Å²) in [4.78, 5) is 0.403. The molecule has 2 rings (SSSR count). The van der Waals surface area contributed by atoms with Crippen molar-refractivity contribution in [1.29, 1.82) is 0 Å². The van der Waals surface area contributed by atoms with Crippen molar-refractivity contribution in [3.63, 3.8) is 0 Å². The van der Waals surface area contributed by atoms with E-state index in [1.54, 1.807) is 19.2 Å². The third-order valence-corrected chi connectivity index (χ3v) is 5.76. The fraction of sp³-hybridized carbons (Fsp3) is 0.571. The third-order valence-electron chi connectivity index (χ3n) is 3.79. The van der Waals surface area contributed by atoms with Gasteiger partial charge < -0.3 is 5.32 Å². The van der Waals surface area contributed by atoms with Crippen LogP contribution in [0.4, 0.5) is 5.69 Å². The molecule has 1 unspecified atom stereocenters. The molecule has 0 fully saturated rings. The normalized spacial score (nSPS) is 16.2. The van der Waals surface area contributed by atoms with Gasteiger partial charge in [-0.25, -0.2) is 8.42 Å². The molecule has 0 saturated carbocycles. The summed E-state index contributed by atoms with van der Waals surface area (Å²) in [5, 5.41) is 3.24. The fourth-order valence-corrected chi connectivity index (χ4v) is 3.89. The van der Waals surface area contributed by atoms with Gasteiger partial charge in [0, 0.05) is 25.3 Å². The van der Waals surface area contributed by atoms with E-state index in [1.165, 1.54) is 4.31 Å². The molecule has 0 radical (unpaired) electrons. The lowest BCUT2D eigenvalue weighted by molar-refractivity contribution is 0.368. The van der Waals surface area contributed by atoms with Crippen LogP contribution in [-0.4, -0.2) is 32.4 Å². The molecule has 4 nitrogen and oxygen atoms in total. The summed E-state index contributed by atoms with van der Waals surface area (Å²) in [6.07, 6.45) is 2.75. The van der Waals surface area contributed by atoms with Gasteiger partial charge in [0.1, 0.15) is 0 Å². The molecule has 0 bridgehead atoms. The molecular formula is C14H22N2O2S. The van der Waals surface area contributed by atoms with Gasteiger partial charge in [0.25, 0.3) is 0 Å². The Hall–Kier alpha value is -1.07. The number of nitrogens with zero attached hydrogens (tertiary/aromatic N) is 1. The van der Waals surface area contributed by atoms with Crippen LogP contribution in [0.15, 0.2) is 23.1 Å². The zero-order chi connectivity index (χ0) is 14.0. The average molecular weight is 282 g/mol. The van der Waals surface area contributed by atoms with Crippen LogP contribution >= 0.6 is 0 Å². The summed E-state index contributed by atoms with van der Waals surface area (Å²) < 4.78 is 26.6. The van der Waals surface area contributed by atoms with Gasteiger partial charge in [-0.15, -0.1) is 0 Å². The molecule has 0 aromatic heterocycles. The van der Waals surface area contributed by atoms with Crippen LogP contribution < -0.4 is 5.32 Å². The maximum atomic E-state index is 12.6. The van der Waals surface area contributed by atoms with Crippen molar-refractivity contribution in [2.45, 2.75) is 44.0 Å². The van der Waals surface area contributed by atoms with Crippen molar-refractivity contribution in [2.75, 3.05) is 18.9 Å². The first kappa shape index (κ1) is 14.3. The van der Waals surface area contributed by atoms with Crippen molar-refractivity contribution in [3.05, 3.63) is 23.8 Å². The van der Waals surface area contributed by atoms with Gasteiger partial charge in [0.15, 0.2) is 0 Å². The van der Waals surface area contributed by atoms with E-state index in [0.717, 1.165) is 37.1 Å². The zero-order valence-electron chi connectivity index (χ0n) is 11.8. The summed E-state index contributed by atoms with van der Waals surface area (Å²) in [6, 6.07) is 5.40. The van der Waals surface area contributed by atoms with E-state index in [-0.39, 0.29) is 6.04 Å². The number of fused-ring (bicyclic) bond motifs is 1. The lowest BCUT2D eigenvalue weighted by atomic mass is 10.2. The Kier molecular flexibility index (Phi) is 4.16. The van der Waals surface area contributed by atoms with Crippen molar-refractivity contribution in [3.8, 4) is 0 Å². The van der Waals surface area contributed by atoms with E-state index in [0.29, 0.717) is 4.90 Å². The number of hydrogen-bond donors (Lipinski definition) is 1. The highest BCUT2D eigenvalue weighted by Gasteiger charge is 2.26. The second-order valence-corrected chi connectivity index (χ2v) is 7.15. The highest BCUT2D eigenvalue weighted by Crippen LogP contribution is 2.27. The number of anilines is 1. The molecule has 106 valence electrons. The van der Waals surface area contributed by atoms with Gasteiger partial charge in [-0.2, -0.15) is 4.31 Å². The minimum atomic E-state index is -3.38. The number of rotatable bonds is 5. The molecule has 1 N–H and O–H groups in total. The van der Waals surface area contributed by atoms with Crippen LogP contribution in [-0.2, 0) is 16.4 Å². The van der Waals surface area contributed by atoms with Crippen LogP contribution in [0.2, 0.25) is 0 Å². The number of sulfonamides is 1. The van der Waals surface area contributed by atoms with Crippen LogP contribution in [0.3, 0.4) is 0 Å². The van der Waals surface area contributed by atoms with E-state index in [2.05, 4.69) is 12.2 Å². The Morgan fingerprint density at radius 3 is 2.84 bits per heavy atom. The Labute approximate surface area is 115 Å². The van der Waals surface area contributed by atoms with Crippen LogP contribution in [0.25, 0.3) is 0 Å². The minimum Gasteiger partial charge on any atom is -0.384 e. The van der Waals surface area contributed by atoms with Gasteiger partial charge in [-0.1, -0.05) is 13.3 Å². The van der Waals surface area contributed by atoms with Gasteiger partial charge >= 0.3 is 0 Å². The first-order chi connectivity index (χ1) is 8.96. The number of nitrogens with one attached hydrogen (secondary N) is 1. The molecule has 1 aliphatic rings. The number of hydrogen-bond acceptors (Lipinski definition) is 3. The summed E-state index contributed by atoms with van der Waals surface area (Å²) in [7, 11) is -1.71. The maximum absolute atomic E-state index is 12.6. The molecule has 0 aliphatic carbocycles. The fourth-order valence-electron chi connectivity index (χ4n) is 2.44. The van der Waals surface area contributed by atoms with Gasteiger partial charge in [-0.05, 0) is 43.5 Å². The van der Waals surface area contributed by atoms with Crippen LogP contribution in [0.5, 0.6) is 0 Å². The molecular weight excluding hydrogens is 260 g/mol. The molecule has 5 heteroatoms. The standard InChI is InChI=1S/C14H22N2O2S/c1-4-5-11(2)16(3)19(17,18)13-6-7-14-12(10-13)8-9-15-14/h6-7,10-11,15H,4-5,8-9H2,1-3H3. The molecule has 19 heavy (non-hydrogen) atoms. The van der Waals surface area contributed by atoms with E-state index < -0.39 is 10.0 Å². The minimum absolute atomic E-state index is 0.0291. The van der Waals surface area contributed by atoms with Crippen LogP contribution in [0, 0.1) is 0 Å². The van der Waals surface area contributed by atoms with Gasteiger partial charge in [-0.3, -0.25) is 0 Å². The first-order valence-electron chi connectivity index (χ1n) is 6.81. The second kappa shape index (κ2) is 5.51. The monoisotopic (exact) mass is 282 g/mol. The Morgan fingerprint density at radius 1 is 1.42 bits per heavy atom. The first-order valence-corrected chi connectivity index (χ1v) is 8.25. The molecule has 1 aliphatic heterocycles. The van der Waals surface area contributed by atoms with Crippen molar-refractivity contribution in [1.82, 2.24) is 4.31 Å². The Bertz CT molecular complexity index is 555. The van der Waals surface area contributed by atoms with E-state index >= 15 is 0 Å². The topological polar surface area (TPSA) is 49.4 Å². The molecule has 1 aromatic rings. The molecule has 1 heterocycles. The van der Waals surface area contributed by atoms with Crippen molar-refractivity contribution in [2.24, 2.45) is 0 Å². The smallest absolute Gasteiger partial charge is 0.243 e. The van der Waals surface area contributed by atoms with Crippen molar-refractivity contribution < 1.29 is 8.42 Å². The largest absolute Gasteiger partial charge is 0.384 e. The van der Waals surface area contributed by atoms with E-state index in [9.17, 15) is 8.42 Å². The highest BCUT2D eigenvalue weighted by atomic mass is 32.2. The second-order valence-electron chi connectivity index (χ2n) is 5.15. The average Bonchev–Trinajstić information content (AvgIpc) is 2.85. The van der Waals surface area contributed by atoms with Crippen molar-refractivity contribution >= 4 is 15.7 Å². The predicted octanol–water partition coefficient (Wildman–Crippen LogP) is 2.46. The Balaban J connectivity index is 2.29. The highest BCUT2D eigenvalue weighted by molar-refractivity contribution is 7.89. The molecule has 0 amide bonds. The maximum Gasteiger partial charge on any atom is 0.243 e. The molecule has 1 atom stereocenters. The lowest BCUT2D eigenvalue weighted by Crippen LogP contribution is -2.35. The molecule has 1 aromatic carbocycles. The number of benzene rings is 1.